The minimum absolute atomic E-state index is 0.196. The summed E-state index contributed by atoms with van der Waals surface area (Å²) in [5.74, 6) is 5.72. The number of pyridine rings is 1. The van der Waals surface area contributed by atoms with Gasteiger partial charge >= 0.3 is 6.36 Å². The molecular formula is C19H14F3N3O. The molecule has 2 aromatic heterocycles. The van der Waals surface area contributed by atoms with Gasteiger partial charge in [-0.2, -0.15) is 5.10 Å². The van der Waals surface area contributed by atoms with Crippen molar-refractivity contribution in [3.05, 3.63) is 65.1 Å². The Morgan fingerprint density at radius 2 is 1.81 bits per heavy atom. The van der Waals surface area contributed by atoms with Crippen LogP contribution in [-0.4, -0.2) is 21.5 Å². The molecule has 0 saturated carbocycles. The van der Waals surface area contributed by atoms with Crippen molar-refractivity contribution in [3.63, 3.8) is 0 Å². The lowest BCUT2D eigenvalue weighted by molar-refractivity contribution is -0.275. The summed E-state index contributed by atoms with van der Waals surface area (Å²) in [6.45, 7) is 3.12. The molecule has 0 unspecified atom stereocenters. The van der Waals surface area contributed by atoms with Gasteiger partial charge in [-0.1, -0.05) is 12.0 Å². The Balaban J connectivity index is 1.97. The average molecular weight is 357 g/mol. The number of nitrogens with one attached hydrogen (secondary N) is 1. The molecule has 0 aliphatic heterocycles. The number of aromatic amines is 1. The van der Waals surface area contributed by atoms with Crippen LogP contribution in [0.3, 0.4) is 0 Å². The Morgan fingerprint density at radius 1 is 1.08 bits per heavy atom. The van der Waals surface area contributed by atoms with Gasteiger partial charge in [0.1, 0.15) is 17.1 Å². The highest BCUT2D eigenvalue weighted by atomic mass is 19.4. The summed E-state index contributed by atoms with van der Waals surface area (Å²) in [7, 11) is 0. The summed E-state index contributed by atoms with van der Waals surface area (Å²) >= 11 is 0. The largest absolute Gasteiger partial charge is 0.573 e. The molecule has 0 fully saturated rings. The Bertz CT molecular complexity index is 959. The molecule has 2 heterocycles. The number of rotatable bonds is 2. The summed E-state index contributed by atoms with van der Waals surface area (Å²) in [6, 6.07) is 8.60. The van der Waals surface area contributed by atoms with E-state index in [1.165, 1.54) is 0 Å². The van der Waals surface area contributed by atoms with Crippen LogP contribution in [0.15, 0.2) is 42.7 Å². The van der Waals surface area contributed by atoms with Crippen LogP contribution in [0.25, 0.3) is 11.3 Å². The second-order valence-corrected chi connectivity index (χ2v) is 5.60. The van der Waals surface area contributed by atoms with Crippen molar-refractivity contribution in [1.29, 1.82) is 0 Å². The number of H-pyrrole nitrogens is 1. The summed E-state index contributed by atoms with van der Waals surface area (Å²) < 4.78 is 41.7. The van der Waals surface area contributed by atoms with Gasteiger partial charge in [-0.3, -0.25) is 5.10 Å². The van der Waals surface area contributed by atoms with E-state index in [-0.39, 0.29) is 5.75 Å². The van der Waals surface area contributed by atoms with Gasteiger partial charge in [-0.15, -0.1) is 13.2 Å². The Morgan fingerprint density at radius 3 is 2.42 bits per heavy atom. The Kier molecular flexibility index (Phi) is 4.67. The quantitative estimate of drug-likeness (QED) is 0.692. The summed E-state index contributed by atoms with van der Waals surface area (Å²) in [5.41, 5.74) is 3.17. The van der Waals surface area contributed by atoms with Crippen molar-refractivity contribution in [2.75, 3.05) is 0 Å². The summed E-state index contributed by atoms with van der Waals surface area (Å²) in [5, 5.41) is 6.91. The molecule has 26 heavy (non-hydrogen) atoms. The molecule has 3 rings (SSSR count). The fraction of sp³-hybridized carbons (Fsp3) is 0.158. The fourth-order valence-corrected chi connectivity index (χ4v) is 2.54. The SMILES string of the molecule is Cc1cc(-c2n[nH]cc2C#Cc2ccccn2)cc(C)c1OC(F)(F)F. The molecule has 0 aliphatic rings. The first-order valence-corrected chi connectivity index (χ1v) is 7.67. The normalized spacial score (nSPS) is 11.0. The van der Waals surface area contributed by atoms with Crippen molar-refractivity contribution in [3.8, 4) is 28.8 Å². The van der Waals surface area contributed by atoms with Crippen molar-refractivity contribution in [1.82, 2.24) is 15.2 Å². The lowest BCUT2D eigenvalue weighted by Crippen LogP contribution is -2.18. The Labute approximate surface area is 148 Å². The second kappa shape index (κ2) is 6.92. The number of nitrogens with zero attached hydrogens (tertiary/aromatic N) is 2. The first kappa shape index (κ1) is 17.5. The highest BCUT2D eigenvalue weighted by Gasteiger charge is 2.32. The Hall–Kier alpha value is -3.27. The zero-order chi connectivity index (χ0) is 18.7. The van der Waals surface area contributed by atoms with Crippen LogP contribution in [0.4, 0.5) is 13.2 Å². The highest BCUT2D eigenvalue weighted by molar-refractivity contribution is 5.70. The van der Waals surface area contributed by atoms with Gasteiger partial charge < -0.3 is 4.74 Å². The molecule has 4 nitrogen and oxygen atoms in total. The lowest BCUT2D eigenvalue weighted by atomic mass is 10.0. The third kappa shape index (κ3) is 4.03. The summed E-state index contributed by atoms with van der Waals surface area (Å²) in [6.07, 6.45) is -1.45. The van der Waals surface area contributed by atoms with E-state index in [4.69, 9.17) is 0 Å². The maximum atomic E-state index is 12.5. The highest BCUT2D eigenvalue weighted by Crippen LogP contribution is 2.33. The van der Waals surface area contributed by atoms with E-state index in [0.717, 1.165) is 0 Å². The molecule has 0 atom stereocenters. The number of aryl methyl sites for hydroxylation is 2. The number of aromatic nitrogens is 3. The van der Waals surface area contributed by atoms with E-state index in [9.17, 15) is 13.2 Å². The third-order valence-corrected chi connectivity index (χ3v) is 3.58. The van der Waals surface area contributed by atoms with Crippen molar-refractivity contribution >= 4 is 0 Å². The molecule has 3 aromatic rings. The molecule has 0 amide bonds. The summed E-state index contributed by atoms with van der Waals surface area (Å²) in [4.78, 5) is 4.13. The first-order chi connectivity index (χ1) is 12.3. The van der Waals surface area contributed by atoms with E-state index >= 15 is 0 Å². The van der Waals surface area contributed by atoms with Gasteiger partial charge in [0, 0.05) is 18.0 Å². The zero-order valence-electron chi connectivity index (χ0n) is 14.0. The van der Waals surface area contributed by atoms with Gasteiger partial charge in [-0.05, 0) is 55.2 Å². The van der Waals surface area contributed by atoms with Crippen LogP contribution in [0, 0.1) is 25.7 Å². The van der Waals surface area contributed by atoms with Crippen molar-refractivity contribution in [2.45, 2.75) is 20.2 Å². The molecule has 7 heteroatoms. The molecule has 132 valence electrons. The molecular weight excluding hydrogens is 343 g/mol. The van der Waals surface area contributed by atoms with E-state index in [0.29, 0.717) is 33.6 Å². The molecule has 0 radical (unpaired) electrons. The predicted octanol–water partition coefficient (Wildman–Crippen LogP) is 4.39. The number of benzene rings is 1. The van der Waals surface area contributed by atoms with Crippen LogP contribution < -0.4 is 4.74 Å². The fourth-order valence-electron chi connectivity index (χ4n) is 2.54. The maximum absolute atomic E-state index is 12.5. The number of hydrogen-bond acceptors (Lipinski definition) is 3. The standard InChI is InChI=1S/C19H14F3N3O/c1-12-9-15(10-13(2)18(12)26-19(20,21)22)17-14(11-24-25-17)6-7-16-5-3-4-8-23-16/h3-5,8-11H,1-2H3,(H,24,25). The van der Waals surface area contributed by atoms with Gasteiger partial charge in [-0.25, -0.2) is 4.98 Å². The molecule has 0 saturated heterocycles. The van der Waals surface area contributed by atoms with Gasteiger partial charge in [0.25, 0.3) is 0 Å². The lowest BCUT2D eigenvalue weighted by Gasteiger charge is -2.15. The van der Waals surface area contributed by atoms with Crippen LogP contribution in [0.2, 0.25) is 0 Å². The van der Waals surface area contributed by atoms with Gasteiger partial charge in [0.15, 0.2) is 0 Å². The number of hydrogen-bond donors (Lipinski definition) is 1. The minimum Gasteiger partial charge on any atom is -0.405 e. The molecule has 0 bridgehead atoms. The van der Waals surface area contributed by atoms with Gasteiger partial charge in [0.2, 0.25) is 0 Å². The second-order valence-electron chi connectivity index (χ2n) is 5.60. The number of alkyl halides is 3. The average Bonchev–Trinajstić information content (AvgIpc) is 3.05. The van der Waals surface area contributed by atoms with E-state index in [1.807, 2.05) is 6.07 Å². The van der Waals surface area contributed by atoms with Crippen LogP contribution in [-0.2, 0) is 0 Å². The maximum Gasteiger partial charge on any atom is 0.573 e. The predicted molar refractivity (Wildman–Crippen MR) is 90.4 cm³/mol. The minimum atomic E-state index is -4.73. The molecule has 0 aliphatic carbocycles. The van der Waals surface area contributed by atoms with E-state index in [1.54, 1.807) is 50.5 Å². The third-order valence-electron chi connectivity index (χ3n) is 3.58. The van der Waals surface area contributed by atoms with Crippen LogP contribution in [0.5, 0.6) is 5.75 Å². The van der Waals surface area contributed by atoms with E-state index in [2.05, 4.69) is 31.8 Å². The van der Waals surface area contributed by atoms with Gasteiger partial charge in [0.05, 0.1) is 5.56 Å². The molecule has 1 aromatic carbocycles. The number of halogens is 3. The van der Waals surface area contributed by atoms with Crippen molar-refractivity contribution in [2.24, 2.45) is 0 Å². The zero-order valence-corrected chi connectivity index (χ0v) is 14.0. The first-order valence-electron chi connectivity index (χ1n) is 7.67. The van der Waals surface area contributed by atoms with Crippen molar-refractivity contribution < 1.29 is 17.9 Å². The van der Waals surface area contributed by atoms with E-state index < -0.39 is 6.36 Å². The molecule has 1 N–H and O–H groups in total. The monoisotopic (exact) mass is 357 g/mol. The van der Waals surface area contributed by atoms with Crippen LogP contribution in [0.1, 0.15) is 22.4 Å². The topological polar surface area (TPSA) is 50.8 Å². The molecule has 0 spiro atoms. The smallest absolute Gasteiger partial charge is 0.405 e. The number of ether oxygens (including phenoxy) is 1. The van der Waals surface area contributed by atoms with Crippen LogP contribution >= 0.6 is 0 Å².